The van der Waals surface area contributed by atoms with Crippen LogP contribution in [0.5, 0.6) is 0 Å². The zero-order chi connectivity index (χ0) is 16.2. The highest BCUT2D eigenvalue weighted by Gasteiger charge is 2.33. The summed E-state index contributed by atoms with van der Waals surface area (Å²) in [7, 11) is 0. The van der Waals surface area contributed by atoms with Crippen LogP contribution in [-0.2, 0) is 0 Å². The van der Waals surface area contributed by atoms with E-state index in [-0.39, 0.29) is 13.0 Å². The van der Waals surface area contributed by atoms with E-state index in [0.29, 0.717) is 17.8 Å². The number of rotatable bonds is 6. The van der Waals surface area contributed by atoms with Crippen LogP contribution in [0.2, 0.25) is 0 Å². The first-order chi connectivity index (χ1) is 10.5. The maximum atomic E-state index is 10.8. The molecule has 0 amide bonds. The lowest BCUT2D eigenvalue weighted by molar-refractivity contribution is 0.0375. The van der Waals surface area contributed by atoms with Crippen molar-refractivity contribution in [2.24, 2.45) is 5.73 Å². The summed E-state index contributed by atoms with van der Waals surface area (Å²) < 4.78 is 0. The van der Waals surface area contributed by atoms with Crippen LogP contribution < -0.4 is 10.6 Å². The van der Waals surface area contributed by atoms with Crippen molar-refractivity contribution in [1.82, 2.24) is 9.97 Å². The van der Waals surface area contributed by atoms with Gasteiger partial charge < -0.3 is 10.2 Å². The van der Waals surface area contributed by atoms with Gasteiger partial charge in [0, 0.05) is 25.4 Å². The molecule has 0 aliphatic rings. The van der Waals surface area contributed by atoms with E-state index in [4.69, 9.17) is 10.8 Å². The Hall–Kier alpha value is -2.02. The largest absolute Gasteiger partial charge is 0.396 e. The van der Waals surface area contributed by atoms with E-state index in [1.165, 1.54) is 0 Å². The third-order valence-corrected chi connectivity index (χ3v) is 3.53. The first kappa shape index (κ1) is 16.4. The molecule has 1 atom stereocenters. The van der Waals surface area contributed by atoms with Crippen LogP contribution in [0.25, 0.3) is 0 Å². The first-order valence-corrected chi connectivity index (χ1v) is 7.23. The topological polar surface area (TPSA) is 95.5 Å². The zero-order valence-corrected chi connectivity index (χ0v) is 12.9. The lowest BCUT2D eigenvalue weighted by Gasteiger charge is -2.39. The smallest absolute Gasteiger partial charge is 0.197 e. The van der Waals surface area contributed by atoms with E-state index in [2.05, 4.69) is 9.97 Å². The molecule has 2 aromatic rings. The van der Waals surface area contributed by atoms with Gasteiger partial charge in [0.05, 0.1) is 22.8 Å². The predicted molar refractivity (Wildman–Crippen MR) is 85.5 cm³/mol. The zero-order valence-electron chi connectivity index (χ0n) is 12.9. The number of nitrogens with two attached hydrogens (primary N) is 1. The highest BCUT2D eigenvalue weighted by atomic mass is 16.3. The molecule has 118 valence electrons. The van der Waals surface area contributed by atoms with Crippen molar-refractivity contribution >= 4 is 11.4 Å². The van der Waals surface area contributed by atoms with Crippen molar-refractivity contribution in [1.29, 1.82) is 0 Å². The molecule has 0 radical (unpaired) electrons. The molecule has 0 spiro atoms. The Labute approximate surface area is 130 Å². The Morgan fingerprint density at radius 1 is 1.09 bits per heavy atom. The minimum absolute atomic E-state index is 0.0363. The fourth-order valence-corrected chi connectivity index (χ4v) is 2.42. The van der Waals surface area contributed by atoms with Gasteiger partial charge in [0.1, 0.15) is 0 Å². The van der Waals surface area contributed by atoms with E-state index in [1.807, 2.05) is 26.0 Å². The number of hydrogen-bond donors (Lipinski definition) is 3. The minimum Gasteiger partial charge on any atom is -0.396 e. The highest BCUT2D eigenvalue weighted by Crippen LogP contribution is 2.34. The fraction of sp³-hybridized carbons (Fsp3) is 0.375. The summed E-state index contributed by atoms with van der Waals surface area (Å²) in [5.74, 6) is -1.65. The molecule has 1 unspecified atom stereocenters. The van der Waals surface area contributed by atoms with Crippen molar-refractivity contribution in [3.8, 4) is 0 Å². The number of hydrogen-bond acceptors (Lipinski definition) is 6. The van der Waals surface area contributed by atoms with Crippen LogP contribution >= 0.6 is 0 Å². The summed E-state index contributed by atoms with van der Waals surface area (Å²) in [6.07, 6.45) is 3.99. The van der Waals surface area contributed by atoms with E-state index in [0.717, 1.165) is 11.4 Å². The molecule has 4 N–H and O–H groups in total. The Morgan fingerprint density at radius 2 is 1.59 bits per heavy atom. The van der Waals surface area contributed by atoms with Gasteiger partial charge in [-0.05, 0) is 44.5 Å². The third-order valence-electron chi connectivity index (χ3n) is 3.53. The Bertz CT molecular complexity index is 586. The molecule has 6 heteroatoms. The second-order valence-corrected chi connectivity index (χ2v) is 5.26. The number of aliphatic hydroxyl groups excluding tert-OH is 1. The maximum Gasteiger partial charge on any atom is 0.197 e. The molecule has 0 aliphatic carbocycles. The summed E-state index contributed by atoms with van der Waals surface area (Å²) in [5, 5.41) is 19.8. The Morgan fingerprint density at radius 3 is 2.00 bits per heavy atom. The van der Waals surface area contributed by atoms with E-state index >= 15 is 0 Å². The van der Waals surface area contributed by atoms with Gasteiger partial charge in [0.15, 0.2) is 5.85 Å². The van der Waals surface area contributed by atoms with Crippen molar-refractivity contribution in [3.63, 3.8) is 0 Å². The highest BCUT2D eigenvalue weighted by molar-refractivity contribution is 5.68. The summed E-state index contributed by atoms with van der Waals surface area (Å²) >= 11 is 0. The minimum atomic E-state index is -1.65. The summed E-state index contributed by atoms with van der Waals surface area (Å²) in [4.78, 5) is 10.2. The fourth-order valence-electron chi connectivity index (χ4n) is 2.42. The predicted octanol–water partition coefficient (Wildman–Crippen LogP) is 1.61. The standard InChI is InChI=1S/C16H22N4O2/c1-12-14(6-3-9-18-12)20(16(17,22)8-5-11-21)15-7-4-10-19-13(15)2/h3-4,6-7,9-10,21-22H,5,8,11,17H2,1-2H3. The molecule has 2 aromatic heterocycles. The SMILES string of the molecule is Cc1ncccc1N(c1cccnc1C)C(N)(O)CCCO. The van der Waals surface area contributed by atoms with Crippen LogP contribution in [0.1, 0.15) is 24.2 Å². The maximum absolute atomic E-state index is 10.8. The summed E-state index contributed by atoms with van der Waals surface area (Å²) in [5.41, 5.74) is 9.08. The number of aryl methyl sites for hydroxylation is 2. The van der Waals surface area contributed by atoms with E-state index in [9.17, 15) is 5.11 Å². The van der Waals surface area contributed by atoms with Gasteiger partial charge >= 0.3 is 0 Å². The molecule has 6 nitrogen and oxygen atoms in total. The molecule has 0 bridgehead atoms. The van der Waals surface area contributed by atoms with Crippen molar-refractivity contribution in [2.45, 2.75) is 32.5 Å². The number of pyridine rings is 2. The average molecular weight is 302 g/mol. The van der Waals surface area contributed by atoms with Crippen LogP contribution in [0, 0.1) is 13.8 Å². The summed E-state index contributed by atoms with van der Waals surface area (Å²) in [6.45, 7) is 3.68. The Balaban J connectivity index is 2.55. The molecule has 2 rings (SSSR count). The molecule has 0 aliphatic heterocycles. The molecular weight excluding hydrogens is 280 g/mol. The van der Waals surface area contributed by atoms with Crippen LogP contribution in [0.15, 0.2) is 36.7 Å². The van der Waals surface area contributed by atoms with E-state index in [1.54, 1.807) is 29.4 Å². The van der Waals surface area contributed by atoms with Gasteiger partial charge in [-0.1, -0.05) is 0 Å². The molecule has 0 saturated heterocycles. The van der Waals surface area contributed by atoms with Crippen LogP contribution in [0.3, 0.4) is 0 Å². The molecular formula is C16H22N4O2. The number of aliphatic hydroxyl groups is 2. The monoisotopic (exact) mass is 302 g/mol. The van der Waals surface area contributed by atoms with Gasteiger partial charge in [-0.2, -0.15) is 0 Å². The van der Waals surface area contributed by atoms with Gasteiger partial charge in [0.2, 0.25) is 0 Å². The lowest BCUT2D eigenvalue weighted by atomic mass is 10.1. The average Bonchev–Trinajstić information content (AvgIpc) is 2.49. The van der Waals surface area contributed by atoms with Crippen LogP contribution in [0.4, 0.5) is 11.4 Å². The summed E-state index contributed by atoms with van der Waals surface area (Å²) in [6, 6.07) is 7.30. The van der Waals surface area contributed by atoms with Gasteiger partial charge in [0.25, 0.3) is 0 Å². The third kappa shape index (κ3) is 3.41. The lowest BCUT2D eigenvalue weighted by Crippen LogP contribution is -2.54. The number of nitrogens with zero attached hydrogens (tertiary/aromatic N) is 3. The van der Waals surface area contributed by atoms with Crippen molar-refractivity contribution in [3.05, 3.63) is 48.0 Å². The second-order valence-electron chi connectivity index (χ2n) is 5.26. The van der Waals surface area contributed by atoms with Crippen molar-refractivity contribution < 1.29 is 10.2 Å². The second kappa shape index (κ2) is 6.83. The van der Waals surface area contributed by atoms with Gasteiger partial charge in [-0.15, -0.1) is 0 Å². The van der Waals surface area contributed by atoms with E-state index < -0.39 is 5.85 Å². The molecule has 0 aromatic carbocycles. The quantitative estimate of drug-likeness (QED) is 0.702. The van der Waals surface area contributed by atoms with Crippen molar-refractivity contribution in [2.75, 3.05) is 11.5 Å². The number of anilines is 2. The first-order valence-electron chi connectivity index (χ1n) is 7.23. The Kier molecular flexibility index (Phi) is 5.07. The number of aromatic nitrogens is 2. The normalized spacial score (nSPS) is 13.7. The molecule has 0 fully saturated rings. The van der Waals surface area contributed by atoms with Gasteiger partial charge in [-0.3, -0.25) is 20.6 Å². The molecule has 22 heavy (non-hydrogen) atoms. The molecule has 2 heterocycles. The van der Waals surface area contributed by atoms with Gasteiger partial charge in [-0.25, -0.2) is 0 Å². The molecule has 0 saturated carbocycles. The van der Waals surface area contributed by atoms with Crippen LogP contribution in [-0.4, -0.2) is 32.6 Å².